The molecule has 1 N–H and O–H groups in total. The Balaban J connectivity index is 1.48. The van der Waals surface area contributed by atoms with Gasteiger partial charge in [0.05, 0.1) is 9.92 Å². The van der Waals surface area contributed by atoms with Gasteiger partial charge in [-0.25, -0.2) is 12.8 Å². The Labute approximate surface area is 169 Å². The largest absolute Gasteiger partial charge is 0.489 e. The minimum Gasteiger partial charge on any atom is -0.489 e. The van der Waals surface area contributed by atoms with Crippen molar-refractivity contribution in [3.8, 4) is 5.75 Å². The molecule has 1 fully saturated rings. The highest BCUT2D eigenvalue weighted by atomic mass is 35.5. The molecule has 6 nitrogen and oxygen atoms in total. The number of β-amino-alcohol motifs (C(OH)–C–C–N with tert-alkyl or cyclic N) is 1. The quantitative estimate of drug-likeness (QED) is 0.732. The van der Waals surface area contributed by atoms with Crippen LogP contribution in [0, 0.1) is 5.82 Å². The van der Waals surface area contributed by atoms with Gasteiger partial charge in [-0.3, -0.25) is 4.90 Å². The van der Waals surface area contributed by atoms with Crippen LogP contribution in [0.15, 0.2) is 53.4 Å². The number of halogens is 2. The molecule has 0 bridgehead atoms. The van der Waals surface area contributed by atoms with E-state index < -0.39 is 21.9 Å². The first-order chi connectivity index (χ1) is 13.4. The zero-order valence-electron chi connectivity index (χ0n) is 15.2. The minimum absolute atomic E-state index is 0.0792. The maximum atomic E-state index is 13.0. The van der Waals surface area contributed by atoms with Crippen LogP contribution >= 0.6 is 11.6 Å². The van der Waals surface area contributed by atoms with E-state index in [2.05, 4.69) is 0 Å². The van der Waals surface area contributed by atoms with E-state index >= 15 is 0 Å². The Bertz CT molecular complexity index is 887. The van der Waals surface area contributed by atoms with Crippen LogP contribution in [0.25, 0.3) is 0 Å². The van der Waals surface area contributed by atoms with Crippen molar-refractivity contribution in [2.75, 3.05) is 39.3 Å². The summed E-state index contributed by atoms with van der Waals surface area (Å²) in [5.41, 5.74) is 0. The third-order valence-electron chi connectivity index (χ3n) is 4.52. The molecule has 152 valence electrons. The maximum Gasteiger partial charge on any atom is 0.243 e. The molecular formula is C19H22ClFN2O4S. The predicted octanol–water partition coefficient (Wildman–Crippen LogP) is 2.23. The number of sulfonamides is 1. The van der Waals surface area contributed by atoms with Crippen LogP contribution in [0.3, 0.4) is 0 Å². The molecule has 1 aliphatic heterocycles. The van der Waals surface area contributed by atoms with Crippen LogP contribution < -0.4 is 4.74 Å². The summed E-state index contributed by atoms with van der Waals surface area (Å²) in [6.45, 7) is 2.05. The van der Waals surface area contributed by atoms with Crippen molar-refractivity contribution < 1.29 is 22.7 Å². The molecule has 1 aliphatic rings. The number of rotatable bonds is 7. The van der Waals surface area contributed by atoms with Crippen molar-refractivity contribution in [2.24, 2.45) is 0 Å². The van der Waals surface area contributed by atoms with Crippen LogP contribution in [-0.4, -0.2) is 68.2 Å². The van der Waals surface area contributed by atoms with Gasteiger partial charge in [-0.05, 0) is 36.4 Å². The molecular weight excluding hydrogens is 407 g/mol. The number of aliphatic hydroxyl groups is 1. The second kappa shape index (κ2) is 9.19. The minimum atomic E-state index is -3.64. The highest BCUT2D eigenvalue weighted by molar-refractivity contribution is 7.89. The average Bonchev–Trinajstić information content (AvgIpc) is 2.68. The van der Waals surface area contributed by atoms with Crippen molar-refractivity contribution in [3.05, 3.63) is 59.4 Å². The zero-order chi connectivity index (χ0) is 20.1. The lowest BCUT2D eigenvalue weighted by Gasteiger charge is -2.34. The van der Waals surface area contributed by atoms with Gasteiger partial charge >= 0.3 is 0 Å². The number of hydrogen-bond acceptors (Lipinski definition) is 5. The molecule has 1 heterocycles. The molecule has 0 aliphatic carbocycles. The molecule has 1 atom stereocenters. The van der Waals surface area contributed by atoms with Gasteiger partial charge in [0, 0.05) is 32.7 Å². The Morgan fingerprint density at radius 2 is 1.71 bits per heavy atom. The van der Waals surface area contributed by atoms with Crippen molar-refractivity contribution >= 4 is 21.6 Å². The van der Waals surface area contributed by atoms with Gasteiger partial charge in [-0.1, -0.05) is 23.7 Å². The van der Waals surface area contributed by atoms with Crippen molar-refractivity contribution in [2.45, 2.75) is 11.0 Å². The Morgan fingerprint density at radius 3 is 2.36 bits per heavy atom. The van der Waals surface area contributed by atoms with Crippen molar-refractivity contribution in [3.63, 3.8) is 0 Å². The van der Waals surface area contributed by atoms with Gasteiger partial charge in [0.1, 0.15) is 24.3 Å². The molecule has 3 rings (SSSR count). The molecule has 2 aromatic rings. The topological polar surface area (TPSA) is 70.1 Å². The van der Waals surface area contributed by atoms with Crippen molar-refractivity contribution in [1.82, 2.24) is 9.21 Å². The summed E-state index contributed by atoms with van der Waals surface area (Å²) in [7, 11) is -3.64. The fourth-order valence-corrected chi connectivity index (χ4v) is 4.62. The predicted molar refractivity (Wildman–Crippen MR) is 105 cm³/mol. The van der Waals surface area contributed by atoms with E-state index in [-0.39, 0.29) is 11.5 Å². The van der Waals surface area contributed by atoms with E-state index in [1.807, 2.05) is 4.90 Å². The smallest absolute Gasteiger partial charge is 0.243 e. The number of benzene rings is 2. The number of hydrogen-bond donors (Lipinski definition) is 1. The molecule has 0 amide bonds. The molecule has 9 heteroatoms. The van der Waals surface area contributed by atoms with Gasteiger partial charge in [0.15, 0.2) is 0 Å². The third-order valence-corrected chi connectivity index (χ3v) is 6.74. The number of piperazine rings is 1. The van der Waals surface area contributed by atoms with Gasteiger partial charge in [-0.2, -0.15) is 4.31 Å². The van der Waals surface area contributed by atoms with Crippen molar-refractivity contribution in [1.29, 1.82) is 0 Å². The van der Waals surface area contributed by atoms with E-state index in [1.165, 1.54) is 16.4 Å². The molecule has 1 saturated heterocycles. The number of nitrogens with zero attached hydrogens (tertiary/aromatic N) is 2. The molecule has 0 spiro atoms. The molecule has 0 radical (unpaired) electrons. The molecule has 1 unspecified atom stereocenters. The Morgan fingerprint density at radius 1 is 1.07 bits per heavy atom. The number of aliphatic hydroxyl groups excluding tert-OH is 1. The van der Waals surface area contributed by atoms with E-state index in [4.69, 9.17) is 16.3 Å². The van der Waals surface area contributed by atoms with Crippen LogP contribution in [0.4, 0.5) is 4.39 Å². The number of para-hydroxylation sites is 1. The van der Waals surface area contributed by atoms with Crippen LogP contribution in [0.1, 0.15) is 0 Å². The fraction of sp³-hybridized carbons (Fsp3) is 0.368. The maximum absolute atomic E-state index is 13.0. The lowest BCUT2D eigenvalue weighted by molar-refractivity contribution is 0.0569. The molecule has 0 saturated carbocycles. The molecule has 2 aromatic carbocycles. The first-order valence-corrected chi connectivity index (χ1v) is 10.7. The first kappa shape index (κ1) is 21.0. The summed E-state index contributed by atoms with van der Waals surface area (Å²) in [4.78, 5) is 2.06. The summed E-state index contributed by atoms with van der Waals surface area (Å²) < 4.78 is 45.2. The van der Waals surface area contributed by atoms with Gasteiger partial charge in [-0.15, -0.1) is 0 Å². The summed E-state index contributed by atoms with van der Waals surface area (Å²) in [6, 6.07) is 11.9. The van der Waals surface area contributed by atoms with Gasteiger partial charge in [0.2, 0.25) is 10.0 Å². The highest BCUT2D eigenvalue weighted by Gasteiger charge is 2.29. The van der Waals surface area contributed by atoms with Crippen LogP contribution in [-0.2, 0) is 10.0 Å². The van der Waals surface area contributed by atoms with Gasteiger partial charge < -0.3 is 9.84 Å². The highest BCUT2D eigenvalue weighted by Crippen LogP contribution is 2.23. The lowest BCUT2D eigenvalue weighted by atomic mass is 10.3. The van der Waals surface area contributed by atoms with Crippen LogP contribution in [0.5, 0.6) is 5.75 Å². The first-order valence-electron chi connectivity index (χ1n) is 8.90. The average molecular weight is 429 g/mol. The molecule has 28 heavy (non-hydrogen) atoms. The van der Waals surface area contributed by atoms with E-state index in [0.29, 0.717) is 43.5 Å². The standard InChI is InChI=1S/C19H22ClFN2O4S/c20-18-3-1-2-4-19(18)27-14-16(24)13-22-9-11-23(12-10-22)28(25,26)17-7-5-15(21)6-8-17/h1-8,16,24H,9-14H2. The monoisotopic (exact) mass is 428 g/mol. The Hall–Kier alpha value is -1.71. The second-order valence-corrected chi connectivity index (χ2v) is 8.90. The van der Waals surface area contributed by atoms with E-state index in [1.54, 1.807) is 24.3 Å². The molecule has 0 aromatic heterocycles. The summed E-state index contributed by atoms with van der Waals surface area (Å²) in [6.07, 6.45) is -0.725. The second-order valence-electron chi connectivity index (χ2n) is 6.55. The van der Waals surface area contributed by atoms with Gasteiger partial charge in [0.25, 0.3) is 0 Å². The SMILES string of the molecule is O=S(=O)(c1ccc(F)cc1)N1CCN(CC(O)COc2ccccc2Cl)CC1. The van der Waals surface area contributed by atoms with Crippen LogP contribution in [0.2, 0.25) is 5.02 Å². The fourth-order valence-electron chi connectivity index (χ4n) is 3.01. The Kier molecular flexibility index (Phi) is 6.90. The summed E-state index contributed by atoms with van der Waals surface area (Å²) >= 11 is 6.02. The van der Waals surface area contributed by atoms with E-state index in [0.717, 1.165) is 12.1 Å². The van der Waals surface area contributed by atoms with E-state index in [9.17, 15) is 17.9 Å². The summed E-state index contributed by atoms with van der Waals surface area (Å²) in [5.74, 6) is 0.0372. The number of ether oxygens (including phenoxy) is 1. The summed E-state index contributed by atoms with van der Waals surface area (Å²) in [5, 5.41) is 10.7. The normalized spacial score (nSPS) is 17.4. The third kappa shape index (κ3) is 5.21. The lowest BCUT2D eigenvalue weighted by Crippen LogP contribution is -2.50. The zero-order valence-corrected chi connectivity index (χ0v) is 16.7.